The average molecular weight is 283 g/mol. The maximum atomic E-state index is 11.6. The van der Waals surface area contributed by atoms with Gasteiger partial charge in [-0.05, 0) is 31.2 Å². The topological polar surface area (TPSA) is 107 Å². The van der Waals surface area contributed by atoms with Gasteiger partial charge in [0.1, 0.15) is 5.69 Å². The van der Waals surface area contributed by atoms with Crippen LogP contribution in [0.3, 0.4) is 0 Å². The number of nitrogens with zero attached hydrogens (tertiary/aromatic N) is 3. The Morgan fingerprint density at radius 2 is 1.90 bits per heavy atom. The molecule has 0 saturated carbocycles. The number of pyridine rings is 1. The molecule has 0 amide bonds. The molecule has 0 saturated heterocycles. The van der Waals surface area contributed by atoms with Crippen molar-refractivity contribution in [3.63, 3.8) is 0 Å². The lowest BCUT2D eigenvalue weighted by molar-refractivity contribution is -0.119. The molecular formula is C15H17N5O. The fourth-order valence-corrected chi connectivity index (χ4v) is 1.64. The summed E-state index contributed by atoms with van der Waals surface area (Å²) in [6, 6.07) is 12.2. The van der Waals surface area contributed by atoms with E-state index in [1.165, 1.54) is 0 Å². The number of carbonyl (C=O) groups is 1. The zero-order valence-electron chi connectivity index (χ0n) is 11.7. The van der Waals surface area contributed by atoms with Gasteiger partial charge in [0.2, 0.25) is 0 Å². The predicted octanol–water partition coefficient (Wildman–Crippen LogP) is 2.54. The van der Waals surface area contributed by atoms with Gasteiger partial charge in [0.15, 0.2) is 11.6 Å². The summed E-state index contributed by atoms with van der Waals surface area (Å²) < 4.78 is 0. The number of nitrogen functional groups attached to an aromatic ring is 1. The highest BCUT2D eigenvalue weighted by Crippen LogP contribution is 2.23. The van der Waals surface area contributed by atoms with Crippen molar-refractivity contribution < 1.29 is 4.79 Å². The minimum absolute atomic E-state index is 0.0828. The van der Waals surface area contributed by atoms with Gasteiger partial charge in [0, 0.05) is 0 Å². The highest BCUT2D eigenvalue weighted by molar-refractivity contribution is 5.85. The van der Waals surface area contributed by atoms with Gasteiger partial charge < -0.3 is 11.5 Å². The Balaban J connectivity index is 2.13. The standard InChI is InChI=1S/C15H17N5O/c1-10(16)14(21)9-12-7-8-13(15(17)18-12)20-19-11-5-3-2-4-6-11/h2-8,10H,9,16H2,1H3,(H2,17,18)/t10-/m0/s1. The molecule has 6 nitrogen and oxygen atoms in total. The lowest BCUT2D eigenvalue weighted by atomic mass is 10.1. The summed E-state index contributed by atoms with van der Waals surface area (Å²) in [7, 11) is 0. The molecule has 1 heterocycles. The molecule has 0 aliphatic rings. The molecule has 2 rings (SSSR count). The van der Waals surface area contributed by atoms with Crippen LogP contribution in [0.15, 0.2) is 52.7 Å². The highest BCUT2D eigenvalue weighted by Gasteiger charge is 2.10. The van der Waals surface area contributed by atoms with Crippen LogP contribution < -0.4 is 11.5 Å². The van der Waals surface area contributed by atoms with Crippen LogP contribution in [0, 0.1) is 0 Å². The third-order valence-electron chi connectivity index (χ3n) is 2.85. The first-order valence-electron chi connectivity index (χ1n) is 6.57. The van der Waals surface area contributed by atoms with E-state index in [1.54, 1.807) is 19.1 Å². The molecular weight excluding hydrogens is 266 g/mol. The first kappa shape index (κ1) is 14.8. The highest BCUT2D eigenvalue weighted by atomic mass is 16.1. The van der Waals surface area contributed by atoms with Crippen LogP contribution in [0.25, 0.3) is 0 Å². The Morgan fingerprint density at radius 3 is 2.52 bits per heavy atom. The quantitative estimate of drug-likeness (QED) is 0.822. The number of benzene rings is 1. The van der Waals surface area contributed by atoms with Crippen LogP contribution in [0.2, 0.25) is 0 Å². The molecule has 6 heteroatoms. The molecule has 1 atom stereocenters. The van der Waals surface area contributed by atoms with Crippen LogP contribution in [-0.2, 0) is 11.2 Å². The van der Waals surface area contributed by atoms with Crippen molar-refractivity contribution in [2.24, 2.45) is 16.0 Å². The van der Waals surface area contributed by atoms with Gasteiger partial charge in [0.05, 0.1) is 23.8 Å². The van der Waals surface area contributed by atoms with E-state index >= 15 is 0 Å². The van der Waals surface area contributed by atoms with Crippen LogP contribution in [0.4, 0.5) is 17.2 Å². The lowest BCUT2D eigenvalue weighted by Crippen LogP contribution is -2.28. The van der Waals surface area contributed by atoms with Crippen molar-refractivity contribution in [3.05, 3.63) is 48.2 Å². The van der Waals surface area contributed by atoms with Gasteiger partial charge >= 0.3 is 0 Å². The van der Waals surface area contributed by atoms with Crippen molar-refractivity contribution in [2.75, 3.05) is 5.73 Å². The molecule has 0 spiro atoms. The second-order valence-corrected chi connectivity index (χ2v) is 4.67. The molecule has 0 fully saturated rings. The summed E-state index contributed by atoms with van der Waals surface area (Å²) >= 11 is 0. The third-order valence-corrected chi connectivity index (χ3v) is 2.85. The summed E-state index contributed by atoms with van der Waals surface area (Å²) in [4.78, 5) is 15.7. The van der Waals surface area contributed by atoms with Crippen molar-refractivity contribution >= 4 is 23.0 Å². The number of Topliss-reactive ketones (excluding diaryl/α,β-unsaturated/α-hetero) is 1. The van der Waals surface area contributed by atoms with Gasteiger partial charge in [-0.1, -0.05) is 18.2 Å². The van der Waals surface area contributed by atoms with E-state index < -0.39 is 6.04 Å². The van der Waals surface area contributed by atoms with Crippen molar-refractivity contribution in [1.82, 2.24) is 4.98 Å². The second kappa shape index (κ2) is 6.71. The number of carbonyl (C=O) groups excluding carboxylic acids is 1. The molecule has 0 aliphatic heterocycles. The molecule has 0 aliphatic carbocycles. The fraction of sp³-hybridized carbons (Fsp3) is 0.200. The maximum Gasteiger partial charge on any atom is 0.155 e. The number of hydrogen-bond acceptors (Lipinski definition) is 6. The monoisotopic (exact) mass is 283 g/mol. The first-order valence-corrected chi connectivity index (χ1v) is 6.57. The van der Waals surface area contributed by atoms with Crippen LogP contribution >= 0.6 is 0 Å². The number of azo groups is 1. The van der Waals surface area contributed by atoms with Gasteiger partial charge in [-0.25, -0.2) is 4.98 Å². The summed E-state index contributed by atoms with van der Waals surface area (Å²) in [6.45, 7) is 1.65. The molecule has 0 unspecified atom stereocenters. The van der Waals surface area contributed by atoms with Crippen molar-refractivity contribution in [2.45, 2.75) is 19.4 Å². The molecule has 0 bridgehead atoms. The predicted molar refractivity (Wildman–Crippen MR) is 81.6 cm³/mol. The van der Waals surface area contributed by atoms with Gasteiger partial charge in [-0.3, -0.25) is 4.79 Å². The van der Waals surface area contributed by atoms with Gasteiger partial charge in [-0.15, -0.1) is 5.11 Å². The summed E-state index contributed by atoms with van der Waals surface area (Å²) in [5.74, 6) is 0.158. The van der Waals surface area contributed by atoms with Gasteiger partial charge in [-0.2, -0.15) is 5.11 Å². The van der Waals surface area contributed by atoms with E-state index in [-0.39, 0.29) is 18.0 Å². The smallest absolute Gasteiger partial charge is 0.155 e. The zero-order valence-corrected chi connectivity index (χ0v) is 11.7. The molecule has 1 aromatic carbocycles. The zero-order chi connectivity index (χ0) is 15.2. The van der Waals surface area contributed by atoms with E-state index in [1.807, 2.05) is 30.3 Å². The van der Waals surface area contributed by atoms with Crippen molar-refractivity contribution in [3.8, 4) is 0 Å². The summed E-state index contributed by atoms with van der Waals surface area (Å²) in [5.41, 5.74) is 13.1. The normalized spacial score (nSPS) is 12.5. The van der Waals surface area contributed by atoms with E-state index in [4.69, 9.17) is 11.5 Å². The number of ketones is 1. The van der Waals surface area contributed by atoms with E-state index in [9.17, 15) is 4.79 Å². The Labute approximate surface area is 122 Å². The summed E-state index contributed by atoms with van der Waals surface area (Å²) in [5, 5.41) is 8.13. The molecule has 1 aromatic heterocycles. The maximum absolute atomic E-state index is 11.6. The molecule has 21 heavy (non-hydrogen) atoms. The molecule has 108 valence electrons. The van der Waals surface area contributed by atoms with Crippen LogP contribution in [-0.4, -0.2) is 16.8 Å². The fourth-order valence-electron chi connectivity index (χ4n) is 1.64. The average Bonchev–Trinajstić information content (AvgIpc) is 2.47. The molecule has 4 N–H and O–H groups in total. The number of hydrogen-bond donors (Lipinski definition) is 2. The lowest BCUT2D eigenvalue weighted by Gasteiger charge is -2.05. The van der Waals surface area contributed by atoms with E-state index in [2.05, 4.69) is 15.2 Å². The van der Waals surface area contributed by atoms with Crippen LogP contribution in [0.1, 0.15) is 12.6 Å². The number of rotatable bonds is 5. The number of aromatic nitrogens is 1. The number of anilines is 1. The molecule has 2 aromatic rings. The number of nitrogens with two attached hydrogens (primary N) is 2. The van der Waals surface area contributed by atoms with E-state index in [0.29, 0.717) is 11.4 Å². The van der Waals surface area contributed by atoms with Crippen LogP contribution in [0.5, 0.6) is 0 Å². The Bertz CT molecular complexity index is 652. The van der Waals surface area contributed by atoms with Gasteiger partial charge in [0.25, 0.3) is 0 Å². The SMILES string of the molecule is C[C@H](N)C(=O)Cc1ccc(N=Nc2ccccc2)c(N)n1. The Hall–Kier alpha value is -2.60. The third kappa shape index (κ3) is 4.19. The van der Waals surface area contributed by atoms with E-state index in [0.717, 1.165) is 5.69 Å². The minimum atomic E-state index is -0.509. The first-order chi connectivity index (χ1) is 10.1. The summed E-state index contributed by atoms with van der Waals surface area (Å²) in [6.07, 6.45) is 0.165. The Morgan fingerprint density at radius 1 is 1.19 bits per heavy atom. The second-order valence-electron chi connectivity index (χ2n) is 4.67. The minimum Gasteiger partial charge on any atom is -0.382 e. The van der Waals surface area contributed by atoms with Crippen molar-refractivity contribution in [1.29, 1.82) is 0 Å². The molecule has 0 radical (unpaired) electrons. The largest absolute Gasteiger partial charge is 0.382 e. The Kier molecular flexibility index (Phi) is 4.73.